The zero-order chi connectivity index (χ0) is 13.7. The number of aryl methyl sites for hydroxylation is 5. The number of nitrogens with zero attached hydrogens (tertiary/aromatic N) is 4. The summed E-state index contributed by atoms with van der Waals surface area (Å²) in [7, 11) is 0. The largest absolute Gasteiger partial charge is 0.250 e. The van der Waals surface area contributed by atoms with Gasteiger partial charge in [0.15, 0.2) is 0 Å². The number of fused-ring (bicyclic) bond motifs is 2. The van der Waals surface area contributed by atoms with Crippen molar-refractivity contribution in [1.82, 2.24) is 19.9 Å². The van der Waals surface area contributed by atoms with Gasteiger partial charge in [-0.2, -0.15) is 0 Å². The lowest BCUT2D eigenvalue weighted by Gasteiger charge is -2.09. The first kappa shape index (κ1) is 12.0. The molecule has 3 rings (SSSR count). The first-order valence-electron chi connectivity index (χ1n) is 6.37. The van der Waals surface area contributed by atoms with Crippen LogP contribution in [0.3, 0.4) is 0 Å². The van der Waals surface area contributed by atoms with E-state index in [0.29, 0.717) is 0 Å². The van der Waals surface area contributed by atoms with Crippen molar-refractivity contribution >= 4 is 22.1 Å². The van der Waals surface area contributed by atoms with Crippen LogP contribution in [0.5, 0.6) is 0 Å². The van der Waals surface area contributed by atoms with E-state index >= 15 is 0 Å². The third-order valence-corrected chi connectivity index (χ3v) is 3.65. The zero-order valence-electron chi connectivity index (χ0n) is 11.9. The standard InChI is InChI=1S/C15H16N4/c1-7-14-12(16-8(2)10(4)18-14)6-13-15(7)19-11(5)9(3)17-13/h6H,1-5H3. The van der Waals surface area contributed by atoms with Crippen LogP contribution in [0.15, 0.2) is 6.07 Å². The molecule has 0 saturated heterocycles. The van der Waals surface area contributed by atoms with Crippen LogP contribution in [0.1, 0.15) is 28.3 Å². The Kier molecular flexibility index (Phi) is 2.49. The van der Waals surface area contributed by atoms with Crippen LogP contribution in [0, 0.1) is 34.6 Å². The molecule has 0 aliphatic heterocycles. The van der Waals surface area contributed by atoms with Crippen molar-refractivity contribution in [2.75, 3.05) is 0 Å². The van der Waals surface area contributed by atoms with Crippen molar-refractivity contribution < 1.29 is 0 Å². The molecule has 0 fully saturated rings. The van der Waals surface area contributed by atoms with E-state index in [-0.39, 0.29) is 0 Å². The summed E-state index contributed by atoms with van der Waals surface area (Å²) < 4.78 is 0. The molecule has 0 atom stereocenters. The average molecular weight is 252 g/mol. The van der Waals surface area contributed by atoms with Gasteiger partial charge in [0.2, 0.25) is 0 Å². The van der Waals surface area contributed by atoms with Crippen LogP contribution >= 0.6 is 0 Å². The Morgan fingerprint density at radius 1 is 0.579 bits per heavy atom. The first-order valence-corrected chi connectivity index (χ1v) is 6.37. The van der Waals surface area contributed by atoms with Crippen molar-refractivity contribution in [3.8, 4) is 0 Å². The summed E-state index contributed by atoms with van der Waals surface area (Å²) in [6.45, 7) is 9.97. The molecule has 0 aliphatic carbocycles. The molecular formula is C15H16N4. The van der Waals surface area contributed by atoms with Crippen molar-refractivity contribution in [3.05, 3.63) is 34.4 Å². The fourth-order valence-corrected chi connectivity index (χ4v) is 2.24. The van der Waals surface area contributed by atoms with E-state index < -0.39 is 0 Å². The molecule has 0 bridgehead atoms. The molecule has 0 spiro atoms. The predicted octanol–water partition coefficient (Wildman–Crippen LogP) is 3.12. The second-order valence-electron chi connectivity index (χ2n) is 5.03. The molecule has 0 radical (unpaired) electrons. The molecule has 2 aromatic heterocycles. The third kappa shape index (κ3) is 1.75. The van der Waals surface area contributed by atoms with Crippen molar-refractivity contribution in [2.24, 2.45) is 0 Å². The minimum Gasteiger partial charge on any atom is -0.250 e. The highest BCUT2D eigenvalue weighted by Gasteiger charge is 2.11. The molecule has 4 nitrogen and oxygen atoms in total. The number of benzene rings is 1. The molecule has 4 heteroatoms. The van der Waals surface area contributed by atoms with Gasteiger partial charge in [-0.25, -0.2) is 19.9 Å². The van der Waals surface area contributed by atoms with E-state index in [0.717, 1.165) is 50.4 Å². The maximum atomic E-state index is 4.65. The highest BCUT2D eigenvalue weighted by Crippen LogP contribution is 2.24. The summed E-state index contributed by atoms with van der Waals surface area (Å²) in [6, 6.07) is 1.98. The first-order chi connectivity index (χ1) is 8.97. The minimum atomic E-state index is 0.894. The van der Waals surface area contributed by atoms with Crippen molar-refractivity contribution in [1.29, 1.82) is 0 Å². The van der Waals surface area contributed by atoms with E-state index in [9.17, 15) is 0 Å². The molecule has 1 aromatic carbocycles. The maximum Gasteiger partial charge on any atom is 0.0942 e. The summed E-state index contributed by atoms with van der Waals surface area (Å²) in [5, 5.41) is 0. The van der Waals surface area contributed by atoms with E-state index in [1.54, 1.807) is 0 Å². The zero-order valence-corrected chi connectivity index (χ0v) is 11.9. The summed E-state index contributed by atoms with van der Waals surface area (Å²) in [5.41, 5.74) is 8.54. The van der Waals surface area contributed by atoms with Gasteiger partial charge in [0, 0.05) is 5.56 Å². The van der Waals surface area contributed by atoms with Gasteiger partial charge in [-0.1, -0.05) is 0 Å². The van der Waals surface area contributed by atoms with Gasteiger partial charge in [0.05, 0.1) is 44.8 Å². The Balaban J connectivity index is 2.52. The molecule has 2 heterocycles. The highest BCUT2D eigenvalue weighted by molar-refractivity contribution is 5.95. The molecule has 0 N–H and O–H groups in total. The lowest BCUT2D eigenvalue weighted by molar-refractivity contribution is 1.08. The predicted molar refractivity (Wildman–Crippen MR) is 76.3 cm³/mol. The molecule has 0 aliphatic rings. The van der Waals surface area contributed by atoms with Crippen LogP contribution in [0.4, 0.5) is 0 Å². The van der Waals surface area contributed by atoms with Crippen molar-refractivity contribution in [3.63, 3.8) is 0 Å². The number of hydrogen-bond acceptors (Lipinski definition) is 4. The van der Waals surface area contributed by atoms with Gasteiger partial charge in [-0.15, -0.1) is 0 Å². The number of rotatable bonds is 0. The molecule has 19 heavy (non-hydrogen) atoms. The summed E-state index contributed by atoms with van der Waals surface area (Å²) in [5.74, 6) is 0. The molecule has 0 saturated carbocycles. The minimum absolute atomic E-state index is 0.894. The smallest absolute Gasteiger partial charge is 0.0942 e. The van der Waals surface area contributed by atoms with Gasteiger partial charge < -0.3 is 0 Å². The fraction of sp³-hybridized carbons (Fsp3) is 0.333. The molecule has 96 valence electrons. The molecule has 0 unspecified atom stereocenters. The molecule has 3 aromatic rings. The van der Waals surface area contributed by atoms with E-state index in [1.807, 2.05) is 40.7 Å². The van der Waals surface area contributed by atoms with Crippen LogP contribution in [0.2, 0.25) is 0 Å². The van der Waals surface area contributed by atoms with Gasteiger partial charge in [-0.05, 0) is 40.7 Å². The van der Waals surface area contributed by atoms with E-state index in [1.165, 1.54) is 0 Å². The Labute approximate surface area is 111 Å². The summed E-state index contributed by atoms with van der Waals surface area (Å²) >= 11 is 0. The second-order valence-corrected chi connectivity index (χ2v) is 5.03. The highest BCUT2D eigenvalue weighted by atomic mass is 14.9. The summed E-state index contributed by atoms with van der Waals surface area (Å²) in [6.07, 6.45) is 0. The van der Waals surface area contributed by atoms with Crippen LogP contribution in [-0.4, -0.2) is 19.9 Å². The Morgan fingerprint density at radius 2 is 0.947 bits per heavy atom. The average Bonchev–Trinajstić information content (AvgIpc) is 2.35. The monoisotopic (exact) mass is 252 g/mol. The topological polar surface area (TPSA) is 51.6 Å². The lowest BCUT2D eigenvalue weighted by atomic mass is 10.1. The molecule has 0 amide bonds. The van der Waals surface area contributed by atoms with Gasteiger partial charge >= 0.3 is 0 Å². The van der Waals surface area contributed by atoms with Gasteiger partial charge in [-0.3, -0.25) is 0 Å². The van der Waals surface area contributed by atoms with Crippen molar-refractivity contribution in [2.45, 2.75) is 34.6 Å². The van der Waals surface area contributed by atoms with E-state index in [2.05, 4.69) is 19.9 Å². The quantitative estimate of drug-likeness (QED) is 0.577. The van der Waals surface area contributed by atoms with Crippen LogP contribution in [-0.2, 0) is 0 Å². The Hall–Kier alpha value is -2.10. The van der Waals surface area contributed by atoms with E-state index in [4.69, 9.17) is 0 Å². The van der Waals surface area contributed by atoms with Gasteiger partial charge in [0.1, 0.15) is 0 Å². The Bertz CT molecular complexity index is 756. The third-order valence-electron chi connectivity index (χ3n) is 3.65. The normalized spacial score (nSPS) is 11.4. The maximum absolute atomic E-state index is 4.65. The van der Waals surface area contributed by atoms with Gasteiger partial charge in [0.25, 0.3) is 0 Å². The number of hydrogen-bond donors (Lipinski definition) is 0. The lowest BCUT2D eigenvalue weighted by Crippen LogP contribution is -2.00. The van der Waals surface area contributed by atoms with Crippen LogP contribution in [0.25, 0.3) is 22.1 Å². The Morgan fingerprint density at radius 3 is 1.37 bits per heavy atom. The number of aromatic nitrogens is 4. The molecular weight excluding hydrogens is 236 g/mol. The SMILES string of the molecule is Cc1nc2cc3nc(C)c(C)nc3c(C)c2nc1C. The second kappa shape index (κ2) is 3.95. The fourth-order valence-electron chi connectivity index (χ4n) is 2.24. The van der Waals surface area contributed by atoms with Crippen LogP contribution < -0.4 is 0 Å². The summed E-state index contributed by atoms with van der Waals surface area (Å²) in [4.78, 5) is 18.5.